The van der Waals surface area contributed by atoms with Crippen molar-refractivity contribution in [3.05, 3.63) is 29.3 Å². The average molecular weight is 331 g/mol. The van der Waals surface area contributed by atoms with Gasteiger partial charge in [0.05, 0.1) is 5.56 Å². The minimum Gasteiger partial charge on any atom is -0.535 e. The van der Waals surface area contributed by atoms with Gasteiger partial charge in [-0.3, -0.25) is 14.4 Å². The van der Waals surface area contributed by atoms with Crippen LogP contribution in [-0.2, 0) is 16.0 Å². The summed E-state index contributed by atoms with van der Waals surface area (Å²) in [6, 6.07) is 5.26. The van der Waals surface area contributed by atoms with Crippen molar-refractivity contribution in [1.82, 2.24) is 4.90 Å². The molecule has 24 heavy (non-hydrogen) atoms. The first-order valence-corrected chi connectivity index (χ1v) is 7.99. The highest BCUT2D eigenvalue weighted by Crippen LogP contribution is 2.36. The molecule has 0 spiro atoms. The van der Waals surface area contributed by atoms with Crippen LogP contribution in [0.4, 0.5) is 0 Å². The van der Waals surface area contributed by atoms with E-state index in [1.165, 1.54) is 11.8 Å². The zero-order valence-electron chi connectivity index (χ0n) is 14.2. The molecular formula is C17H22BNO5. The summed E-state index contributed by atoms with van der Waals surface area (Å²) >= 11 is 0. The standard InChI is InChI=1S/C17H22BNO5/c1-11(20)15-6-4-5-12-9-13(18(23)24-17(12)15)10-14(21)7-8-16(22)19(2)3/h4-6,13,23H,7-10H2,1-3H3/t13-/m1/s1. The van der Waals surface area contributed by atoms with Crippen LogP contribution in [0.2, 0.25) is 5.82 Å². The summed E-state index contributed by atoms with van der Waals surface area (Å²) in [5.74, 6) is -0.273. The maximum absolute atomic E-state index is 12.1. The maximum atomic E-state index is 12.1. The third-order valence-corrected chi connectivity index (χ3v) is 4.21. The zero-order valence-corrected chi connectivity index (χ0v) is 14.2. The second kappa shape index (κ2) is 7.62. The van der Waals surface area contributed by atoms with Crippen molar-refractivity contribution in [2.75, 3.05) is 14.1 Å². The van der Waals surface area contributed by atoms with Gasteiger partial charge in [0.2, 0.25) is 5.91 Å². The highest BCUT2D eigenvalue weighted by Gasteiger charge is 2.37. The summed E-state index contributed by atoms with van der Waals surface area (Å²) in [7, 11) is 2.16. The van der Waals surface area contributed by atoms with Crippen molar-refractivity contribution in [2.24, 2.45) is 0 Å². The molecule has 7 heteroatoms. The number of rotatable bonds is 6. The predicted octanol–water partition coefficient (Wildman–Crippen LogP) is 1.50. The van der Waals surface area contributed by atoms with Gasteiger partial charge in [-0.1, -0.05) is 12.1 Å². The summed E-state index contributed by atoms with van der Waals surface area (Å²) in [5.41, 5.74) is 1.25. The van der Waals surface area contributed by atoms with Crippen molar-refractivity contribution in [3.63, 3.8) is 0 Å². The Bertz CT molecular complexity index is 658. The van der Waals surface area contributed by atoms with Crippen LogP contribution in [0.15, 0.2) is 18.2 Å². The highest BCUT2D eigenvalue weighted by atomic mass is 16.5. The van der Waals surface area contributed by atoms with Gasteiger partial charge in [-0.2, -0.15) is 0 Å². The molecule has 1 aliphatic rings. The predicted molar refractivity (Wildman–Crippen MR) is 90.1 cm³/mol. The Morgan fingerprint density at radius 1 is 1.29 bits per heavy atom. The fourth-order valence-corrected chi connectivity index (χ4v) is 2.80. The van der Waals surface area contributed by atoms with E-state index in [9.17, 15) is 19.4 Å². The van der Waals surface area contributed by atoms with Crippen molar-refractivity contribution < 1.29 is 24.1 Å². The number of carbonyl (C=O) groups is 3. The topological polar surface area (TPSA) is 83.9 Å². The minimum atomic E-state index is -1.13. The first-order valence-electron chi connectivity index (χ1n) is 7.99. The Labute approximate surface area is 141 Å². The first-order chi connectivity index (χ1) is 11.3. The number of fused-ring (bicyclic) bond motifs is 1. The molecule has 1 amide bonds. The Morgan fingerprint density at radius 2 is 2.00 bits per heavy atom. The van der Waals surface area contributed by atoms with Gasteiger partial charge in [0.15, 0.2) is 5.78 Å². The van der Waals surface area contributed by atoms with E-state index in [-0.39, 0.29) is 42.6 Å². The molecule has 0 saturated heterocycles. The van der Waals surface area contributed by atoms with Crippen LogP contribution >= 0.6 is 0 Å². The van der Waals surface area contributed by atoms with Crippen LogP contribution in [0.1, 0.15) is 42.1 Å². The Balaban J connectivity index is 2.01. The van der Waals surface area contributed by atoms with Gasteiger partial charge in [-0.25, -0.2) is 0 Å². The first kappa shape index (κ1) is 18.2. The van der Waals surface area contributed by atoms with E-state index in [2.05, 4.69) is 0 Å². The van der Waals surface area contributed by atoms with Crippen LogP contribution in [0, 0.1) is 0 Å². The number of carbonyl (C=O) groups excluding carboxylic acids is 3. The molecule has 1 aliphatic heterocycles. The summed E-state index contributed by atoms with van der Waals surface area (Å²) in [6.07, 6.45) is 0.928. The molecule has 0 aliphatic carbocycles. The van der Waals surface area contributed by atoms with E-state index in [4.69, 9.17) is 4.65 Å². The van der Waals surface area contributed by atoms with E-state index in [1.807, 2.05) is 6.07 Å². The summed E-state index contributed by atoms with van der Waals surface area (Å²) in [5, 5.41) is 10.2. The van der Waals surface area contributed by atoms with Gasteiger partial charge < -0.3 is 14.6 Å². The number of amides is 1. The Hall–Kier alpha value is -2.15. The van der Waals surface area contributed by atoms with Crippen LogP contribution < -0.4 is 4.65 Å². The van der Waals surface area contributed by atoms with Crippen LogP contribution in [0.5, 0.6) is 5.75 Å². The lowest BCUT2D eigenvalue weighted by molar-refractivity contribution is -0.131. The molecular weight excluding hydrogens is 309 g/mol. The number of nitrogens with zero attached hydrogens (tertiary/aromatic N) is 1. The number of Topliss-reactive ketones (excluding diaryl/α,β-unsaturated/α-hetero) is 2. The summed E-state index contributed by atoms with van der Waals surface area (Å²) < 4.78 is 5.51. The molecule has 0 aromatic heterocycles. The van der Waals surface area contributed by atoms with Gasteiger partial charge in [-0.05, 0) is 25.0 Å². The van der Waals surface area contributed by atoms with E-state index >= 15 is 0 Å². The monoisotopic (exact) mass is 331 g/mol. The molecule has 0 saturated carbocycles. The molecule has 1 heterocycles. The number of benzene rings is 1. The van der Waals surface area contributed by atoms with Crippen LogP contribution in [-0.4, -0.2) is 48.6 Å². The minimum absolute atomic E-state index is 0.0796. The molecule has 0 unspecified atom stereocenters. The second-order valence-electron chi connectivity index (χ2n) is 6.35. The quantitative estimate of drug-likeness (QED) is 0.631. The fourth-order valence-electron chi connectivity index (χ4n) is 2.80. The van der Waals surface area contributed by atoms with Crippen molar-refractivity contribution in [2.45, 2.75) is 38.4 Å². The molecule has 2 rings (SSSR count). The molecule has 1 N–H and O–H groups in total. The SMILES string of the molecule is CC(=O)c1cccc2c1OB(O)[C@@H](CC(=O)CCC(=O)N(C)C)C2. The fraction of sp³-hybridized carbons (Fsp3) is 0.471. The zero-order chi connectivity index (χ0) is 17.9. The molecule has 128 valence electrons. The Morgan fingerprint density at radius 3 is 2.62 bits per heavy atom. The molecule has 0 fully saturated rings. The van der Waals surface area contributed by atoms with Crippen molar-refractivity contribution in [1.29, 1.82) is 0 Å². The molecule has 0 bridgehead atoms. The summed E-state index contributed by atoms with van der Waals surface area (Å²) in [4.78, 5) is 36.7. The largest absolute Gasteiger partial charge is 0.535 e. The average Bonchev–Trinajstić information content (AvgIpc) is 2.52. The van der Waals surface area contributed by atoms with Crippen molar-refractivity contribution in [3.8, 4) is 5.75 Å². The third-order valence-electron chi connectivity index (χ3n) is 4.21. The lowest BCUT2D eigenvalue weighted by Crippen LogP contribution is -2.35. The van der Waals surface area contributed by atoms with Gasteiger partial charge in [0, 0.05) is 39.2 Å². The van der Waals surface area contributed by atoms with Gasteiger partial charge >= 0.3 is 7.12 Å². The maximum Gasteiger partial charge on any atom is 0.526 e. The molecule has 1 atom stereocenters. The molecule has 6 nitrogen and oxygen atoms in total. The lowest BCUT2D eigenvalue weighted by atomic mass is 9.64. The number of para-hydroxylation sites is 1. The van der Waals surface area contributed by atoms with E-state index in [0.717, 1.165) is 5.56 Å². The van der Waals surface area contributed by atoms with Crippen LogP contribution in [0.25, 0.3) is 0 Å². The smallest absolute Gasteiger partial charge is 0.526 e. The van der Waals surface area contributed by atoms with Crippen molar-refractivity contribution >= 4 is 24.6 Å². The second-order valence-corrected chi connectivity index (χ2v) is 6.35. The van der Waals surface area contributed by atoms with Crippen LogP contribution in [0.3, 0.4) is 0 Å². The normalized spacial score (nSPS) is 16.2. The third kappa shape index (κ3) is 4.23. The Kier molecular flexibility index (Phi) is 5.77. The van der Waals surface area contributed by atoms with E-state index in [1.54, 1.807) is 26.2 Å². The van der Waals surface area contributed by atoms with Gasteiger partial charge in [0.25, 0.3) is 0 Å². The van der Waals surface area contributed by atoms with E-state index < -0.39 is 7.12 Å². The lowest BCUT2D eigenvalue weighted by Gasteiger charge is -2.28. The number of ketones is 2. The summed E-state index contributed by atoms with van der Waals surface area (Å²) in [6.45, 7) is 1.45. The highest BCUT2D eigenvalue weighted by molar-refractivity contribution is 6.47. The number of hydrogen-bond acceptors (Lipinski definition) is 5. The molecule has 0 radical (unpaired) electrons. The number of hydrogen-bond donors (Lipinski definition) is 1. The van der Waals surface area contributed by atoms with Gasteiger partial charge in [0.1, 0.15) is 11.5 Å². The molecule has 1 aromatic rings. The molecule has 1 aromatic carbocycles. The van der Waals surface area contributed by atoms with E-state index in [0.29, 0.717) is 17.7 Å². The van der Waals surface area contributed by atoms with Gasteiger partial charge in [-0.15, -0.1) is 0 Å².